The number of hydrogen-bond acceptors (Lipinski definition) is 26. The van der Waals surface area contributed by atoms with Crippen LogP contribution < -0.4 is 16.2 Å². The molecular formula is C103H82F3N3O26S. The second-order valence-corrected chi connectivity index (χ2v) is 29.6. The van der Waals surface area contributed by atoms with Gasteiger partial charge in [0.25, 0.3) is 5.91 Å². The summed E-state index contributed by atoms with van der Waals surface area (Å²) in [6.45, 7) is 2.06. The number of ether oxygens (including phenoxy) is 4. The van der Waals surface area contributed by atoms with E-state index in [-0.39, 0.29) is 85.1 Å². The molecule has 0 saturated carbocycles. The van der Waals surface area contributed by atoms with Gasteiger partial charge in [-0.1, -0.05) is 91.0 Å². The number of aldehydes is 7. The molecule has 0 fully saturated rings. The number of thiophene rings is 1. The van der Waals surface area contributed by atoms with Crippen LogP contribution in [-0.4, -0.2) is 173 Å². The quantitative estimate of drug-likeness (QED) is 0.0161. The molecule has 0 spiro atoms. The van der Waals surface area contributed by atoms with E-state index < -0.39 is 64.4 Å². The van der Waals surface area contributed by atoms with Crippen LogP contribution in [0.4, 0.5) is 13.2 Å². The van der Waals surface area contributed by atoms with Gasteiger partial charge in [-0.15, -0.1) is 11.3 Å². The number of methoxy groups -OCH3 is 3. The highest BCUT2D eigenvalue weighted by Crippen LogP contribution is 2.39. The number of nitrogens with two attached hydrogens (primary N) is 2. The molecule has 1 aromatic heterocycles. The van der Waals surface area contributed by atoms with Gasteiger partial charge in [0.2, 0.25) is 11.8 Å². The Morgan fingerprint density at radius 3 is 1.04 bits per heavy atom. The molecule has 0 atom stereocenters. The minimum Gasteiger partial charge on any atom is -0.507 e. The number of nitrogens with zero attached hydrogens (tertiary/aromatic N) is 1. The molecule has 1 heterocycles. The lowest BCUT2D eigenvalue weighted by molar-refractivity contribution is 0.0528. The van der Waals surface area contributed by atoms with Crippen LogP contribution in [0.3, 0.4) is 0 Å². The van der Waals surface area contributed by atoms with Crippen LogP contribution in [0.5, 0.6) is 46.0 Å². The SMILES string of the molecule is CCOC(=O)c1ccc(-c2cc(C=O)c(O)c(OC)c2)s1.CN(C)C(=O)c1cccc(-c2ccc(O)c(C=O)c2)c1.COC(=O)c1ccc(-c2cc(F)c(O)c(C=O)c2)cc1.COC(=O)c1cccc(-c2cc(F)c(O)c(C=O)c2)c1.NC(=O)c1ccc(-c2ccc(O)c(C=O)c2)cc1.NC(=O)c1cccc(-c2ccc(O)c(C=O)c2)c1.O=Cc1cc(-c2cccc(C(=O)O)c2)cc(F)c1O. The van der Waals surface area contributed by atoms with E-state index in [0.29, 0.717) is 122 Å². The molecule has 14 rings (SSSR count). The number of carboxylic acid groups (broad SMARTS) is 1. The Hall–Kier alpha value is -18.3. The van der Waals surface area contributed by atoms with Gasteiger partial charge in [0, 0.05) is 35.7 Å². The number of primary amides is 2. The molecule has 13 aromatic carbocycles. The van der Waals surface area contributed by atoms with Gasteiger partial charge in [-0.25, -0.2) is 32.3 Å². The predicted molar refractivity (Wildman–Crippen MR) is 497 cm³/mol. The van der Waals surface area contributed by atoms with Gasteiger partial charge in [-0.2, -0.15) is 0 Å². The maximum atomic E-state index is 13.5. The molecule has 0 bridgehead atoms. The molecule has 33 heteroatoms. The first-order valence-electron chi connectivity index (χ1n) is 39.8. The van der Waals surface area contributed by atoms with Crippen molar-refractivity contribution in [2.75, 3.05) is 42.0 Å². The molecule has 0 aliphatic rings. The van der Waals surface area contributed by atoms with Gasteiger partial charge >= 0.3 is 23.9 Å². The zero-order valence-corrected chi connectivity index (χ0v) is 73.5. The number of rotatable bonds is 23. The number of halogens is 3. The van der Waals surface area contributed by atoms with Crippen molar-refractivity contribution >= 4 is 96.9 Å². The lowest BCUT2D eigenvalue weighted by Crippen LogP contribution is -2.21. The Labute approximate surface area is 777 Å². The monoisotopic (exact) mass is 1870 g/mol. The number of esters is 3. The average Bonchev–Trinajstić information content (AvgIpc) is 1.72. The maximum absolute atomic E-state index is 13.5. The van der Waals surface area contributed by atoms with E-state index in [4.69, 9.17) is 26.0 Å². The van der Waals surface area contributed by atoms with Crippen molar-refractivity contribution < 1.29 is 140 Å². The Morgan fingerprint density at radius 1 is 0.331 bits per heavy atom. The summed E-state index contributed by atoms with van der Waals surface area (Å²) in [5, 5.41) is 75.0. The number of amides is 3. The van der Waals surface area contributed by atoms with E-state index in [0.717, 1.165) is 56.5 Å². The number of hydrogen-bond donors (Lipinski definition) is 10. The minimum absolute atomic E-state index is 0.0516. The van der Waals surface area contributed by atoms with Crippen molar-refractivity contribution in [1.29, 1.82) is 0 Å². The van der Waals surface area contributed by atoms with Crippen molar-refractivity contribution in [1.82, 2.24) is 4.90 Å². The summed E-state index contributed by atoms with van der Waals surface area (Å²) in [6.07, 6.45) is 3.42. The summed E-state index contributed by atoms with van der Waals surface area (Å²) in [4.78, 5) is 158. The smallest absolute Gasteiger partial charge is 0.348 e. The Bertz CT molecular complexity index is 6860. The molecule has 692 valence electrons. The zero-order chi connectivity index (χ0) is 99.7. The highest BCUT2D eigenvalue weighted by molar-refractivity contribution is 7.17. The molecule has 14 aromatic rings. The predicted octanol–water partition coefficient (Wildman–Crippen LogP) is 17.9. The number of benzene rings is 13. The number of aromatic hydroxyl groups is 7. The first-order chi connectivity index (χ1) is 65.0. The summed E-state index contributed by atoms with van der Waals surface area (Å²) >= 11 is 1.25. The number of aromatic carboxylic acids is 1. The topological polar surface area (TPSA) is 493 Å². The summed E-state index contributed by atoms with van der Waals surface area (Å²) < 4.78 is 59.6. The van der Waals surface area contributed by atoms with Crippen molar-refractivity contribution in [3.05, 3.63) is 356 Å². The van der Waals surface area contributed by atoms with Crippen molar-refractivity contribution in [3.63, 3.8) is 0 Å². The van der Waals surface area contributed by atoms with Gasteiger partial charge in [-0.3, -0.25) is 47.9 Å². The average molecular weight is 1870 g/mol. The van der Waals surface area contributed by atoms with Crippen LogP contribution in [0.1, 0.15) is 151 Å². The maximum Gasteiger partial charge on any atom is 0.348 e. The first kappa shape index (κ1) is 103. The van der Waals surface area contributed by atoms with Crippen LogP contribution in [0.15, 0.2) is 261 Å². The largest absolute Gasteiger partial charge is 0.507 e. The van der Waals surface area contributed by atoms with Crippen molar-refractivity contribution in [3.8, 4) is 123 Å². The molecule has 0 saturated heterocycles. The molecule has 0 aliphatic heterocycles. The molecular weight excluding hydrogens is 1780 g/mol. The fraction of sp³-hybridized carbons (Fsp3) is 0.0680. The van der Waals surface area contributed by atoms with E-state index >= 15 is 0 Å². The Morgan fingerprint density at radius 2 is 0.647 bits per heavy atom. The summed E-state index contributed by atoms with van der Waals surface area (Å²) in [5.41, 5.74) is 20.9. The van der Waals surface area contributed by atoms with Crippen LogP contribution >= 0.6 is 11.3 Å². The third-order valence-corrected chi connectivity index (χ3v) is 20.6. The highest BCUT2D eigenvalue weighted by atomic mass is 32.1. The lowest BCUT2D eigenvalue weighted by Gasteiger charge is -2.11. The van der Waals surface area contributed by atoms with E-state index in [1.807, 2.05) is 6.07 Å². The molecule has 0 unspecified atom stereocenters. The summed E-state index contributed by atoms with van der Waals surface area (Å²) in [6, 6.07) is 67.2. The van der Waals surface area contributed by atoms with Gasteiger partial charge in [0.05, 0.1) is 83.6 Å². The minimum atomic E-state index is -1.10. The number of carboxylic acids is 1. The highest BCUT2D eigenvalue weighted by Gasteiger charge is 2.21. The van der Waals surface area contributed by atoms with E-state index in [1.165, 1.54) is 110 Å². The van der Waals surface area contributed by atoms with Crippen LogP contribution in [-0.2, 0) is 14.2 Å². The molecule has 3 amide bonds. The molecule has 0 radical (unpaired) electrons. The first-order valence-corrected chi connectivity index (χ1v) is 40.6. The van der Waals surface area contributed by atoms with Gasteiger partial charge in [-0.05, 0) is 249 Å². The second kappa shape index (κ2) is 48.9. The lowest BCUT2D eigenvalue weighted by atomic mass is 10.0. The Kier molecular flexibility index (Phi) is 37.1. The van der Waals surface area contributed by atoms with Gasteiger partial charge in [0.15, 0.2) is 90.2 Å². The molecule has 29 nitrogen and oxygen atoms in total. The Balaban J connectivity index is 0.000000195. The normalized spacial score (nSPS) is 10.1. The number of phenolic OH excluding ortho intramolecular Hbond substituents is 7. The number of phenols is 7. The fourth-order valence-electron chi connectivity index (χ4n) is 12.4. The standard InChI is InChI=1S/C16H15NO3.2C15H11FO4.C15H14O5S.C14H9FO4.2C14H11NO3/c1-17(2)16(20)13-5-3-4-11(8-13)12-6-7-15(19)14(9-12)10-18;1-20-15(19)10-4-2-9(3-5-10)11-6-12(8-17)14(18)13(16)7-11;1-20-15(19)10-4-2-3-9(5-10)11-6-12(8-17)14(18)13(16)7-11;1-3-20-15(18)13-5-4-12(21-13)9-6-10(8-16)14(17)11(7-9)19-2;15-12-6-10(5-11(7-16)13(12)17)8-2-1-3-9(4-8)14(18)19;15-14(18)10-3-1-9(2-4-10)11-5-6-13(17)12(7-11)8-16;15-14(18)11-3-1-2-9(6-11)10-4-5-13(17)12(7-10)8-16/h3-10,19H,1-2H3;2*2-8,18H,1H3;4-8,17H,3H2,1-2H3;1-7,17H,(H,18,19);2*1-8,17H,(H2,15,18). The summed E-state index contributed by atoms with van der Waals surface area (Å²) in [7, 11) is 7.34. The summed E-state index contributed by atoms with van der Waals surface area (Å²) in [5.74, 6) is -8.47. The molecule has 136 heavy (non-hydrogen) atoms. The van der Waals surface area contributed by atoms with Crippen LogP contribution in [0.25, 0.3) is 77.2 Å². The number of carbonyl (C=O) groups excluding carboxylic acids is 13. The van der Waals surface area contributed by atoms with E-state index in [9.17, 15) is 116 Å². The second-order valence-electron chi connectivity index (χ2n) is 28.5. The van der Waals surface area contributed by atoms with Gasteiger partial charge in [0.1, 0.15) is 22.1 Å². The van der Waals surface area contributed by atoms with Crippen LogP contribution in [0, 0.1) is 17.5 Å². The molecule has 0 aliphatic carbocycles. The van der Waals surface area contributed by atoms with Crippen LogP contribution in [0.2, 0.25) is 0 Å². The third kappa shape index (κ3) is 27.2. The van der Waals surface area contributed by atoms with Crippen molar-refractivity contribution in [2.45, 2.75) is 6.92 Å². The van der Waals surface area contributed by atoms with E-state index in [1.54, 1.807) is 185 Å². The zero-order valence-electron chi connectivity index (χ0n) is 72.6. The van der Waals surface area contributed by atoms with Gasteiger partial charge < -0.3 is 76.2 Å². The molecule has 12 N–H and O–H groups in total. The van der Waals surface area contributed by atoms with Crippen molar-refractivity contribution in [2.24, 2.45) is 11.5 Å². The third-order valence-electron chi connectivity index (χ3n) is 19.5. The number of carbonyl (C=O) groups is 14. The van der Waals surface area contributed by atoms with E-state index in [2.05, 4.69) is 9.47 Å². The fourth-order valence-corrected chi connectivity index (χ4v) is 13.3.